The van der Waals surface area contributed by atoms with Gasteiger partial charge >= 0.3 is 0 Å². The zero-order valence-electron chi connectivity index (χ0n) is 11.1. The molecule has 1 aliphatic heterocycles. The van der Waals surface area contributed by atoms with E-state index in [-0.39, 0.29) is 12.6 Å². The van der Waals surface area contributed by atoms with E-state index in [1.165, 1.54) is 0 Å². The molecule has 2 rings (SSSR count). The molecule has 0 bridgehead atoms. The van der Waals surface area contributed by atoms with Crippen molar-refractivity contribution in [3.63, 3.8) is 0 Å². The topological polar surface area (TPSA) is 41.9 Å². The largest absolute Gasteiger partial charge is 0.497 e. The van der Waals surface area contributed by atoms with Gasteiger partial charge in [-0.1, -0.05) is 0 Å². The van der Waals surface area contributed by atoms with Gasteiger partial charge in [-0.05, 0) is 37.6 Å². The van der Waals surface area contributed by atoms with E-state index in [2.05, 4.69) is 4.90 Å². The fraction of sp³-hybridized carbons (Fsp3) is 0.571. The number of ether oxygens (including phenoxy) is 2. The van der Waals surface area contributed by atoms with E-state index in [9.17, 15) is 5.11 Å². The third-order valence-electron chi connectivity index (χ3n) is 3.57. The molecular formula is C14H21NO3. The minimum Gasteiger partial charge on any atom is -0.497 e. The standard InChI is InChI=1S/C14H21NO3/c1-17-13-5-6-14(18-2)11(8-13)9-15-7-3-4-12(15)10-16/h5-6,8,12,16H,3-4,7,9-10H2,1-2H3. The lowest BCUT2D eigenvalue weighted by Gasteiger charge is -2.23. The Morgan fingerprint density at radius 3 is 2.83 bits per heavy atom. The molecule has 18 heavy (non-hydrogen) atoms. The smallest absolute Gasteiger partial charge is 0.123 e. The molecule has 1 atom stereocenters. The van der Waals surface area contributed by atoms with Gasteiger partial charge in [0.2, 0.25) is 0 Å². The molecule has 0 amide bonds. The van der Waals surface area contributed by atoms with Crippen LogP contribution in [0, 0.1) is 0 Å². The van der Waals surface area contributed by atoms with Crippen molar-refractivity contribution >= 4 is 0 Å². The zero-order valence-corrected chi connectivity index (χ0v) is 11.1. The molecule has 1 heterocycles. The third-order valence-corrected chi connectivity index (χ3v) is 3.57. The van der Waals surface area contributed by atoms with Gasteiger partial charge in [0, 0.05) is 18.2 Å². The van der Waals surface area contributed by atoms with Crippen molar-refractivity contribution in [1.29, 1.82) is 0 Å². The molecule has 1 aliphatic rings. The minimum absolute atomic E-state index is 0.228. The van der Waals surface area contributed by atoms with E-state index in [4.69, 9.17) is 9.47 Å². The maximum Gasteiger partial charge on any atom is 0.123 e. The Bertz CT molecular complexity index is 395. The van der Waals surface area contributed by atoms with Crippen LogP contribution in [0.4, 0.5) is 0 Å². The molecule has 0 saturated carbocycles. The predicted molar refractivity (Wildman–Crippen MR) is 70.1 cm³/mol. The first kappa shape index (κ1) is 13.2. The molecule has 1 saturated heterocycles. The first-order valence-corrected chi connectivity index (χ1v) is 6.34. The molecule has 1 N–H and O–H groups in total. The van der Waals surface area contributed by atoms with Gasteiger partial charge in [0.1, 0.15) is 11.5 Å². The number of rotatable bonds is 5. The van der Waals surface area contributed by atoms with Crippen molar-refractivity contribution in [1.82, 2.24) is 4.90 Å². The molecule has 0 spiro atoms. The fourth-order valence-corrected chi connectivity index (χ4v) is 2.53. The summed E-state index contributed by atoms with van der Waals surface area (Å²) < 4.78 is 10.6. The first-order chi connectivity index (χ1) is 8.78. The van der Waals surface area contributed by atoms with Crippen LogP contribution in [0.15, 0.2) is 18.2 Å². The Balaban J connectivity index is 2.16. The maximum absolute atomic E-state index is 9.34. The van der Waals surface area contributed by atoms with Gasteiger partial charge in [0.15, 0.2) is 0 Å². The molecule has 1 aromatic carbocycles. The molecule has 1 fully saturated rings. The minimum atomic E-state index is 0.228. The normalized spacial score (nSPS) is 20.1. The van der Waals surface area contributed by atoms with Crippen molar-refractivity contribution in [3.8, 4) is 11.5 Å². The predicted octanol–water partition coefficient (Wildman–Crippen LogP) is 1.66. The number of hydrogen-bond acceptors (Lipinski definition) is 4. The highest BCUT2D eigenvalue weighted by Gasteiger charge is 2.24. The van der Waals surface area contributed by atoms with Crippen LogP contribution in [0.2, 0.25) is 0 Å². The van der Waals surface area contributed by atoms with Gasteiger partial charge in [0.25, 0.3) is 0 Å². The highest BCUT2D eigenvalue weighted by atomic mass is 16.5. The molecule has 4 nitrogen and oxygen atoms in total. The van der Waals surface area contributed by atoms with Crippen LogP contribution < -0.4 is 9.47 Å². The van der Waals surface area contributed by atoms with E-state index in [1.54, 1.807) is 14.2 Å². The summed E-state index contributed by atoms with van der Waals surface area (Å²) in [6.07, 6.45) is 2.22. The summed E-state index contributed by atoms with van der Waals surface area (Å²) in [5, 5.41) is 9.34. The molecule has 100 valence electrons. The van der Waals surface area contributed by atoms with Gasteiger partial charge in [0.05, 0.1) is 20.8 Å². The van der Waals surface area contributed by atoms with Crippen LogP contribution in [0.1, 0.15) is 18.4 Å². The van der Waals surface area contributed by atoms with E-state index >= 15 is 0 Å². The lowest BCUT2D eigenvalue weighted by atomic mass is 10.1. The van der Waals surface area contributed by atoms with Gasteiger partial charge in [-0.3, -0.25) is 4.90 Å². The second kappa shape index (κ2) is 6.07. The summed E-state index contributed by atoms with van der Waals surface area (Å²) in [5.74, 6) is 1.71. The molecule has 4 heteroatoms. The van der Waals surface area contributed by atoms with Crippen molar-refractivity contribution < 1.29 is 14.6 Å². The second-order valence-corrected chi connectivity index (χ2v) is 4.63. The van der Waals surface area contributed by atoms with Crippen LogP contribution in [-0.2, 0) is 6.54 Å². The van der Waals surface area contributed by atoms with Crippen molar-refractivity contribution in [2.45, 2.75) is 25.4 Å². The Morgan fingerprint density at radius 2 is 2.17 bits per heavy atom. The fourth-order valence-electron chi connectivity index (χ4n) is 2.53. The highest BCUT2D eigenvalue weighted by molar-refractivity contribution is 5.40. The Labute approximate surface area is 108 Å². The van der Waals surface area contributed by atoms with Gasteiger partial charge < -0.3 is 14.6 Å². The summed E-state index contributed by atoms with van der Waals surface area (Å²) in [6.45, 7) is 2.06. The summed E-state index contributed by atoms with van der Waals surface area (Å²) in [7, 11) is 3.34. The molecule has 1 unspecified atom stereocenters. The summed E-state index contributed by atoms with van der Waals surface area (Å²) in [5.41, 5.74) is 1.11. The molecule has 0 aromatic heterocycles. The van der Waals surface area contributed by atoms with Crippen LogP contribution in [-0.4, -0.2) is 43.4 Å². The summed E-state index contributed by atoms with van der Waals surface area (Å²) in [6, 6.07) is 6.11. The van der Waals surface area contributed by atoms with E-state index in [0.29, 0.717) is 0 Å². The van der Waals surface area contributed by atoms with Gasteiger partial charge in [-0.15, -0.1) is 0 Å². The summed E-state index contributed by atoms with van der Waals surface area (Å²) >= 11 is 0. The lowest BCUT2D eigenvalue weighted by Crippen LogP contribution is -2.31. The third kappa shape index (κ3) is 2.76. The van der Waals surface area contributed by atoms with Crippen LogP contribution in [0.3, 0.4) is 0 Å². The van der Waals surface area contributed by atoms with E-state index < -0.39 is 0 Å². The van der Waals surface area contributed by atoms with Crippen molar-refractivity contribution in [2.75, 3.05) is 27.4 Å². The van der Waals surface area contributed by atoms with Crippen LogP contribution >= 0.6 is 0 Å². The number of aliphatic hydroxyl groups is 1. The quantitative estimate of drug-likeness (QED) is 0.864. The second-order valence-electron chi connectivity index (χ2n) is 4.63. The molecule has 0 aliphatic carbocycles. The average Bonchev–Trinajstić information content (AvgIpc) is 2.86. The van der Waals surface area contributed by atoms with Gasteiger partial charge in [-0.2, -0.15) is 0 Å². The maximum atomic E-state index is 9.34. The van der Waals surface area contributed by atoms with Crippen molar-refractivity contribution in [3.05, 3.63) is 23.8 Å². The number of aliphatic hydroxyl groups excluding tert-OH is 1. The molecular weight excluding hydrogens is 230 g/mol. The Morgan fingerprint density at radius 1 is 1.33 bits per heavy atom. The Kier molecular flexibility index (Phi) is 4.44. The number of hydrogen-bond donors (Lipinski definition) is 1. The number of benzene rings is 1. The zero-order chi connectivity index (χ0) is 13.0. The van der Waals surface area contributed by atoms with Crippen molar-refractivity contribution in [2.24, 2.45) is 0 Å². The summed E-state index contributed by atoms with van der Waals surface area (Å²) in [4.78, 5) is 2.30. The van der Waals surface area contributed by atoms with Gasteiger partial charge in [-0.25, -0.2) is 0 Å². The molecule has 1 aromatic rings. The first-order valence-electron chi connectivity index (χ1n) is 6.34. The van der Waals surface area contributed by atoms with E-state index in [1.807, 2.05) is 18.2 Å². The Hall–Kier alpha value is -1.26. The van der Waals surface area contributed by atoms with Crippen LogP contribution in [0.25, 0.3) is 0 Å². The average molecular weight is 251 g/mol. The lowest BCUT2D eigenvalue weighted by molar-refractivity contribution is 0.152. The monoisotopic (exact) mass is 251 g/mol. The highest BCUT2D eigenvalue weighted by Crippen LogP contribution is 2.28. The SMILES string of the molecule is COc1ccc(OC)c(CN2CCCC2CO)c1. The number of likely N-dealkylation sites (tertiary alicyclic amines) is 1. The van der Waals surface area contributed by atoms with E-state index in [0.717, 1.165) is 43.0 Å². The van der Waals surface area contributed by atoms with Crippen LogP contribution in [0.5, 0.6) is 11.5 Å². The number of methoxy groups -OCH3 is 2. The molecule has 0 radical (unpaired) electrons. The number of nitrogens with zero attached hydrogens (tertiary/aromatic N) is 1.